The molecule has 5 rings (SSSR count). The van der Waals surface area contributed by atoms with Crippen LogP contribution in [-0.2, 0) is 0 Å². The van der Waals surface area contributed by atoms with E-state index in [1.165, 1.54) is 18.2 Å². The van der Waals surface area contributed by atoms with Gasteiger partial charge in [0.15, 0.2) is 5.82 Å². The number of alkyl halides is 3. The van der Waals surface area contributed by atoms with E-state index >= 15 is 0 Å². The van der Waals surface area contributed by atoms with Crippen LogP contribution in [-0.4, -0.2) is 38.9 Å². The molecule has 2 heterocycles. The summed E-state index contributed by atoms with van der Waals surface area (Å²) in [7, 11) is 0. The molecule has 35 heavy (non-hydrogen) atoms. The second-order valence-electron chi connectivity index (χ2n) is 8.16. The molecule has 1 aromatic heterocycles. The van der Waals surface area contributed by atoms with Gasteiger partial charge in [-0.15, -0.1) is 13.2 Å². The molecule has 178 valence electrons. The summed E-state index contributed by atoms with van der Waals surface area (Å²) in [5.41, 5.74) is 2.46. The molecular weight excluding hydrogens is 457 g/mol. The Balaban J connectivity index is 1.44. The number of ether oxygens (including phenoxy) is 1. The van der Waals surface area contributed by atoms with Gasteiger partial charge in [-0.3, -0.25) is 9.89 Å². The van der Waals surface area contributed by atoms with E-state index in [9.17, 15) is 18.0 Å². The van der Waals surface area contributed by atoms with Crippen LogP contribution in [0.5, 0.6) is 5.75 Å². The summed E-state index contributed by atoms with van der Waals surface area (Å²) in [6.45, 7) is 0.538. The molecule has 1 fully saturated rings. The lowest BCUT2D eigenvalue weighted by Gasteiger charge is -2.24. The van der Waals surface area contributed by atoms with Crippen LogP contribution in [0.4, 0.5) is 13.2 Å². The maximum Gasteiger partial charge on any atom is 0.573 e. The fraction of sp³-hybridized carbons (Fsp3) is 0.192. The highest BCUT2D eigenvalue weighted by Crippen LogP contribution is 2.36. The summed E-state index contributed by atoms with van der Waals surface area (Å²) >= 11 is 0. The van der Waals surface area contributed by atoms with Gasteiger partial charge in [0.25, 0.3) is 5.91 Å². The first kappa shape index (κ1) is 22.6. The van der Waals surface area contributed by atoms with E-state index in [4.69, 9.17) is 0 Å². The highest BCUT2D eigenvalue weighted by molar-refractivity contribution is 6.01. The number of likely N-dealkylation sites (tertiary alicyclic amines) is 1. The second-order valence-corrected chi connectivity index (χ2v) is 8.16. The predicted molar refractivity (Wildman–Crippen MR) is 123 cm³/mol. The standard InChI is InChI=1S/C26H21F3N4O2/c27-26(28,29)35-22-15-7-6-13-20(22)23-30-24(32-31-23)21-14-8-16-33(21)25(34)19-12-5-4-11-18(19)17-9-2-1-3-10-17/h1-7,9-13,15,21H,8,14,16H2,(H,30,31,32). The van der Waals surface area contributed by atoms with Crippen molar-refractivity contribution < 1.29 is 22.7 Å². The molecule has 0 radical (unpaired) electrons. The minimum atomic E-state index is -4.84. The number of hydrogen-bond acceptors (Lipinski definition) is 4. The summed E-state index contributed by atoms with van der Waals surface area (Å²) in [5, 5.41) is 6.96. The molecule has 1 aliphatic heterocycles. The van der Waals surface area contributed by atoms with Crippen molar-refractivity contribution in [2.24, 2.45) is 0 Å². The molecule has 0 bridgehead atoms. The topological polar surface area (TPSA) is 71.1 Å². The van der Waals surface area contributed by atoms with E-state index in [0.717, 1.165) is 17.5 Å². The molecule has 1 atom stereocenters. The lowest BCUT2D eigenvalue weighted by Crippen LogP contribution is -2.31. The van der Waals surface area contributed by atoms with Gasteiger partial charge in [0.1, 0.15) is 11.6 Å². The molecule has 3 aromatic carbocycles. The number of H-pyrrole nitrogens is 1. The molecule has 0 saturated carbocycles. The van der Waals surface area contributed by atoms with Gasteiger partial charge in [-0.25, -0.2) is 4.98 Å². The average molecular weight is 478 g/mol. The van der Waals surface area contributed by atoms with Gasteiger partial charge in [-0.05, 0) is 42.2 Å². The number of amides is 1. The monoisotopic (exact) mass is 478 g/mol. The predicted octanol–water partition coefficient (Wildman–Crippen LogP) is 6.01. The van der Waals surface area contributed by atoms with Crippen molar-refractivity contribution in [1.82, 2.24) is 20.1 Å². The first-order chi connectivity index (χ1) is 16.9. The number of halogens is 3. The molecule has 0 aliphatic carbocycles. The first-order valence-electron chi connectivity index (χ1n) is 11.1. The average Bonchev–Trinajstić information content (AvgIpc) is 3.53. The number of rotatable bonds is 5. The number of benzene rings is 3. The quantitative estimate of drug-likeness (QED) is 0.381. The van der Waals surface area contributed by atoms with E-state index in [1.54, 1.807) is 17.0 Å². The Morgan fingerprint density at radius 1 is 0.943 bits per heavy atom. The normalized spacial score (nSPS) is 15.9. The molecule has 1 saturated heterocycles. The third kappa shape index (κ3) is 4.75. The van der Waals surface area contributed by atoms with E-state index < -0.39 is 6.36 Å². The zero-order chi connectivity index (χ0) is 24.4. The summed E-state index contributed by atoms with van der Waals surface area (Å²) < 4.78 is 42.6. The Kier molecular flexibility index (Phi) is 5.98. The Labute approximate surface area is 199 Å². The van der Waals surface area contributed by atoms with E-state index in [-0.39, 0.29) is 29.1 Å². The molecule has 9 heteroatoms. The lowest BCUT2D eigenvalue weighted by atomic mass is 9.98. The van der Waals surface area contributed by atoms with Gasteiger partial charge in [-0.2, -0.15) is 5.10 Å². The van der Waals surface area contributed by atoms with E-state index in [2.05, 4.69) is 19.9 Å². The van der Waals surface area contributed by atoms with Crippen LogP contribution in [0.1, 0.15) is 35.1 Å². The molecule has 0 spiro atoms. The van der Waals surface area contributed by atoms with Crippen molar-refractivity contribution in [3.8, 4) is 28.3 Å². The van der Waals surface area contributed by atoms with Gasteiger partial charge in [0.2, 0.25) is 0 Å². The van der Waals surface area contributed by atoms with Crippen molar-refractivity contribution >= 4 is 5.91 Å². The zero-order valence-corrected chi connectivity index (χ0v) is 18.5. The number of nitrogens with zero attached hydrogens (tertiary/aromatic N) is 3. The van der Waals surface area contributed by atoms with Crippen molar-refractivity contribution in [1.29, 1.82) is 0 Å². The molecule has 1 aliphatic rings. The van der Waals surface area contributed by atoms with Gasteiger partial charge in [-0.1, -0.05) is 60.7 Å². The zero-order valence-electron chi connectivity index (χ0n) is 18.5. The molecule has 6 nitrogen and oxygen atoms in total. The van der Waals surface area contributed by atoms with Crippen LogP contribution in [0.25, 0.3) is 22.5 Å². The van der Waals surface area contributed by atoms with Crippen LogP contribution >= 0.6 is 0 Å². The number of carbonyl (C=O) groups is 1. The van der Waals surface area contributed by atoms with Crippen molar-refractivity contribution in [2.45, 2.75) is 25.2 Å². The maximum atomic E-state index is 13.6. The summed E-state index contributed by atoms with van der Waals surface area (Å²) in [4.78, 5) is 19.8. The molecule has 1 amide bonds. The molecule has 1 unspecified atom stereocenters. The van der Waals surface area contributed by atoms with E-state index in [0.29, 0.717) is 24.4 Å². The van der Waals surface area contributed by atoms with Crippen LogP contribution < -0.4 is 4.74 Å². The van der Waals surface area contributed by atoms with Gasteiger partial charge >= 0.3 is 6.36 Å². The number of para-hydroxylation sites is 1. The SMILES string of the molecule is O=C(c1ccccc1-c1ccccc1)N1CCCC1c1nc(-c2ccccc2OC(F)(F)F)n[nH]1. The molecule has 4 aromatic rings. The van der Waals surface area contributed by atoms with Crippen LogP contribution in [0.2, 0.25) is 0 Å². The van der Waals surface area contributed by atoms with E-state index in [1.807, 2.05) is 48.5 Å². The smallest absolute Gasteiger partial charge is 0.405 e. The Hall–Kier alpha value is -4.14. The highest BCUT2D eigenvalue weighted by Gasteiger charge is 2.35. The largest absolute Gasteiger partial charge is 0.573 e. The lowest BCUT2D eigenvalue weighted by molar-refractivity contribution is -0.274. The van der Waals surface area contributed by atoms with Crippen molar-refractivity contribution in [3.05, 3.63) is 90.3 Å². The molecule has 1 N–H and O–H groups in total. The van der Waals surface area contributed by atoms with Crippen LogP contribution in [0.15, 0.2) is 78.9 Å². The highest BCUT2D eigenvalue weighted by atomic mass is 19.4. The summed E-state index contributed by atoms with van der Waals surface area (Å²) in [6, 6.07) is 22.4. The number of aromatic amines is 1. The van der Waals surface area contributed by atoms with Gasteiger partial charge in [0.05, 0.1) is 11.6 Å². The van der Waals surface area contributed by atoms with Gasteiger partial charge in [0, 0.05) is 12.1 Å². The number of hydrogen-bond donors (Lipinski definition) is 1. The van der Waals surface area contributed by atoms with Crippen LogP contribution in [0.3, 0.4) is 0 Å². The maximum absolute atomic E-state index is 13.6. The first-order valence-corrected chi connectivity index (χ1v) is 11.1. The minimum Gasteiger partial charge on any atom is -0.405 e. The summed E-state index contributed by atoms with van der Waals surface area (Å²) in [6.07, 6.45) is -3.40. The molecular formula is C26H21F3N4O2. The van der Waals surface area contributed by atoms with Crippen LogP contribution in [0, 0.1) is 0 Å². The number of aromatic nitrogens is 3. The third-order valence-corrected chi connectivity index (χ3v) is 5.93. The second kappa shape index (κ2) is 9.25. The van der Waals surface area contributed by atoms with Crippen molar-refractivity contribution in [2.75, 3.05) is 6.54 Å². The fourth-order valence-corrected chi connectivity index (χ4v) is 4.40. The minimum absolute atomic E-state index is 0.0730. The fourth-order valence-electron chi connectivity index (χ4n) is 4.40. The number of nitrogens with one attached hydrogen (secondary N) is 1. The van der Waals surface area contributed by atoms with Crippen molar-refractivity contribution in [3.63, 3.8) is 0 Å². The summed E-state index contributed by atoms with van der Waals surface area (Å²) in [5.74, 6) is -0.0268. The Morgan fingerprint density at radius 2 is 1.63 bits per heavy atom. The van der Waals surface area contributed by atoms with Gasteiger partial charge < -0.3 is 9.64 Å². The number of carbonyl (C=O) groups excluding carboxylic acids is 1. The Morgan fingerprint density at radius 3 is 2.40 bits per heavy atom. The third-order valence-electron chi connectivity index (χ3n) is 5.93. The Bertz CT molecular complexity index is 1340.